The summed E-state index contributed by atoms with van der Waals surface area (Å²) in [7, 11) is 0. The molecule has 1 amide bonds. The van der Waals surface area contributed by atoms with Crippen LogP contribution in [0.1, 0.15) is 91.4 Å². The fraction of sp³-hybridized carbons (Fsp3) is 0.941. The average molecular weight is 634 g/mol. The van der Waals surface area contributed by atoms with Crippen LogP contribution in [0.15, 0.2) is 0 Å². The highest BCUT2D eigenvalue weighted by molar-refractivity contribution is 5.83. The summed E-state index contributed by atoms with van der Waals surface area (Å²) in [5.41, 5.74) is -0.534. The number of hydrogen-bond donors (Lipinski definition) is 5. The van der Waals surface area contributed by atoms with E-state index >= 15 is 0 Å². The number of piperidine rings is 1. The third-order valence-electron chi connectivity index (χ3n) is 10.8. The Kier molecular flexibility index (Phi) is 13.3. The Morgan fingerprint density at radius 2 is 1.53 bits per heavy atom. The monoisotopic (exact) mass is 633 g/mol. The van der Waals surface area contributed by atoms with E-state index in [1.165, 1.54) is 51.7 Å². The normalized spacial score (nSPS) is 34.2. The number of esters is 1. The third-order valence-corrected chi connectivity index (χ3v) is 10.8. The van der Waals surface area contributed by atoms with Crippen LogP contribution in [0.2, 0.25) is 0 Å². The summed E-state index contributed by atoms with van der Waals surface area (Å²) >= 11 is 0. The molecule has 0 aromatic carbocycles. The minimum Gasteiger partial charge on any atom is -0.459 e. The topological polar surface area (TPSA) is 119 Å². The quantitative estimate of drug-likeness (QED) is 0.216. The summed E-state index contributed by atoms with van der Waals surface area (Å²) in [6.45, 7) is 15.2. The third kappa shape index (κ3) is 11.4. The molecule has 258 valence electrons. The molecule has 3 heterocycles. The second-order valence-electron chi connectivity index (χ2n) is 15.3. The maximum atomic E-state index is 12.6. The molecule has 0 aromatic heterocycles. The van der Waals surface area contributed by atoms with Crippen LogP contribution in [0.25, 0.3) is 0 Å². The first kappa shape index (κ1) is 35.0. The summed E-state index contributed by atoms with van der Waals surface area (Å²) in [4.78, 5) is 29.8. The summed E-state index contributed by atoms with van der Waals surface area (Å²) < 4.78 is 11.6. The van der Waals surface area contributed by atoms with E-state index in [4.69, 9.17) is 9.47 Å². The molecular formula is C34H63N7O4. The maximum absolute atomic E-state index is 12.6. The van der Waals surface area contributed by atoms with E-state index in [-0.39, 0.29) is 30.6 Å². The van der Waals surface area contributed by atoms with Crippen LogP contribution in [0, 0.1) is 17.8 Å². The van der Waals surface area contributed by atoms with E-state index in [1.807, 2.05) is 20.8 Å². The summed E-state index contributed by atoms with van der Waals surface area (Å²) in [6.07, 6.45) is 13.7. The Bertz CT molecular complexity index is 895. The van der Waals surface area contributed by atoms with Crippen molar-refractivity contribution < 1.29 is 19.1 Å². The van der Waals surface area contributed by atoms with Gasteiger partial charge in [-0.1, -0.05) is 0 Å². The van der Waals surface area contributed by atoms with Gasteiger partial charge in [-0.25, -0.2) is 0 Å². The molecule has 3 saturated heterocycles. The van der Waals surface area contributed by atoms with Crippen molar-refractivity contribution >= 4 is 11.9 Å². The highest BCUT2D eigenvalue weighted by atomic mass is 16.6. The molecule has 5 rings (SSSR count). The van der Waals surface area contributed by atoms with E-state index in [9.17, 15) is 9.59 Å². The SMILES string of the molecule is CC(C)(C)OC(=O)CNC(=O)C1CCC(C2CNC(NC3CCC(OCCN4CCN(C5CCCCN5)CC4)CC3)NC2)CC1. The number of carbonyl (C=O) groups is 2. The van der Waals surface area contributed by atoms with Gasteiger partial charge in [-0.15, -0.1) is 0 Å². The minimum atomic E-state index is -0.534. The Labute approximate surface area is 272 Å². The molecule has 2 aliphatic carbocycles. The van der Waals surface area contributed by atoms with Crippen molar-refractivity contribution in [3.63, 3.8) is 0 Å². The maximum Gasteiger partial charge on any atom is 0.325 e. The molecule has 0 radical (unpaired) electrons. The van der Waals surface area contributed by atoms with Gasteiger partial charge in [-0.2, -0.15) is 0 Å². The van der Waals surface area contributed by atoms with Gasteiger partial charge < -0.3 is 20.1 Å². The molecule has 1 unspecified atom stereocenters. The first-order chi connectivity index (χ1) is 21.7. The molecule has 1 atom stereocenters. The molecule has 3 aliphatic heterocycles. The number of amides is 1. The zero-order chi connectivity index (χ0) is 31.6. The Hall–Kier alpha value is -1.34. The van der Waals surface area contributed by atoms with Crippen LogP contribution in [0.4, 0.5) is 0 Å². The smallest absolute Gasteiger partial charge is 0.325 e. The first-order valence-electron chi connectivity index (χ1n) is 18.3. The summed E-state index contributed by atoms with van der Waals surface area (Å²) in [6, 6.07) is 0.530. The highest BCUT2D eigenvalue weighted by Gasteiger charge is 2.34. The number of piperazine rings is 1. The molecule has 11 heteroatoms. The van der Waals surface area contributed by atoms with Crippen LogP contribution in [0.5, 0.6) is 0 Å². The van der Waals surface area contributed by atoms with E-state index in [2.05, 4.69) is 36.4 Å². The predicted octanol–water partition coefficient (Wildman–Crippen LogP) is 1.98. The van der Waals surface area contributed by atoms with Gasteiger partial charge >= 0.3 is 5.97 Å². The number of rotatable bonds is 11. The van der Waals surface area contributed by atoms with Gasteiger partial charge in [0.05, 0.1) is 18.9 Å². The zero-order valence-corrected chi connectivity index (χ0v) is 28.4. The number of ether oxygens (including phenoxy) is 2. The van der Waals surface area contributed by atoms with E-state index < -0.39 is 5.60 Å². The fourth-order valence-corrected chi connectivity index (χ4v) is 8.09. The van der Waals surface area contributed by atoms with Gasteiger partial charge in [0, 0.05) is 57.8 Å². The van der Waals surface area contributed by atoms with Crippen molar-refractivity contribution in [3.8, 4) is 0 Å². The van der Waals surface area contributed by atoms with Gasteiger partial charge in [0.25, 0.3) is 0 Å². The predicted molar refractivity (Wildman–Crippen MR) is 176 cm³/mol. The van der Waals surface area contributed by atoms with Gasteiger partial charge in [0.2, 0.25) is 5.91 Å². The molecule has 45 heavy (non-hydrogen) atoms. The lowest BCUT2D eigenvalue weighted by Crippen LogP contribution is -2.63. The number of carbonyl (C=O) groups excluding carboxylic acids is 2. The highest BCUT2D eigenvalue weighted by Crippen LogP contribution is 2.34. The standard InChI is InChI=1S/C34H63N7O4/c1-34(2,3)45-31(42)24-36-32(43)26-9-7-25(8-10-26)27-22-37-33(38-23-27)39-28-11-13-29(14-12-28)44-21-20-40-16-18-41(19-17-40)30-6-4-5-15-35-30/h25-30,33,35,37-39H,4-24H2,1-3H3,(H,36,43). The van der Waals surface area contributed by atoms with Gasteiger partial charge in [-0.3, -0.25) is 35.3 Å². The molecule has 11 nitrogen and oxygen atoms in total. The zero-order valence-electron chi connectivity index (χ0n) is 28.4. The summed E-state index contributed by atoms with van der Waals surface area (Å²) in [5.74, 6) is 0.831. The largest absolute Gasteiger partial charge is 0.459 e. The second kappa shape index (κ2) is 17.2. The molecule has 0 aromatic rings. The average Bonchev–Trinajstić information content (AvgIpc) is 3.05. The Morgan fingerprint density at radius 1 is 0.822 bits per heavy atom. The lowest BCUT2D eigenvalue weighted by molar-refractivity contribution is -0.154. The molecule has 0 bridgehead atoms. The van der Waals surface area contributed by atoms with Crippen LogP contribution < -0.4 is 26.6 Å². The van der Waals surface area contributed by atoms with E-state index in [1.54, 1.807) is 0 Å². The van der Waals surface area contributed by atoms with Gasteiger partial charge in [-0.05, 0) is 110 Å². The van der Waals surface area contributed by atoms with E-state index in [0.29, 0.717) is 30.1 Å². The molecule has 2 saturated carbocycles. The van der Waals surface area contributed by atoms with Crippen molar-refractivity contribution in [1.29, 1.82) is 0 Å². The van der Waals surface area contributed by atoms with Crippen LogP contribution in [-0.4, -0.2) is 117 Å². The Morgan fingerprint density at radius 3 is 2.18 bits per heavy atom. The second-order valence-corrected chi connectivity index (χ2v) is 15.3. The minimum absolute atomic E-state index is 0.00108. The summed E-state index contributed by atoms with van der Waals surface area (Å²) in [5, 5.41) is 17.7. The number of hydrogen-bond acceptors (Lipinski definition) is 10. The Balaban J connectivity index is 0.881. The van der Waals surface area contributed by atoms with Gasteiger partial charge in [0.1, 0.15) is 18.4 Å². The lowest BCUT2D eigenvalue weighted by atomic mass is 9.75. The van der Waals surface area contributed by atoms with Crippen molar-refractivity contribution in [2.45, 2.75) is 122 Å². The molecule has 5 N–H and O–H groups in total. The number of nitrogens with zero attached hydrogens (tertiary/aromatic N) is 2. The van der Waals surface area contributed by atoms with E-state index in [0.717, 1.165) is 77.9 Å². The molecular weight excluding hydrogens is 570 g/mol. The van der Waals surface area contributed by atoms with Crippen molar-refractivity contribution in [3.05, 3.63) is 0 Å². The van der Waals surface area contributed by atoms with Crippen LogP contribution >= 0.6 is 0 Å². The van der Waals surface area contributed by atoms with Crippen LogP contribution in [0.3, 0.4) is 0 Å². The van der Waals surface area contributed by atoms with Gasteiger partial charge in [0.15, 0.2) is 0 Å². The fourth-order valence-electron chi connectivity index (χ4n) is 8.09. The van der Waals surface area contributed by atoms with Crippen molar-refractivity contribution in [2.75, 3.05) is 65.5 Å². The first-order valence-corrected chi connectivity index (χ1v) is 18.3. The molecule has 5 fully saturated rings. The lowest BCUT2D eigenvalue weighted by Gasteiger charge is -2.41. The van der Waals surface area contributed by atoms with Crippen molar-refractivity contribution in [2.24, 2.45) is 17.8 Å². The molecule has 5 aliphatic rings. The van der Waals surface area contributed by atoms with Crippen molar-refractivity contribution in [1.82, 2.24) is 36.4 Å². The molecule has 0 spiro atoms. The number of nitrogens with one attached hydrogen (secondary N) is 5. The van der Waals surface area contributed by atoms with Crippen LogP contribution in [-0.2, 0) is 19.1 Å².